The van der Waals surface area contributed by atoms with Gasteiger partial charge in [-0.2, -0.15) is 4.58 Å². The fourth-order valence-corrected chi connectivity index (χ4v) is 2.33. The molecule has 0 unspecified atom stereocenters. The van der Waals surface area contributed by atoms with Crippen LogP contribution in [0.4, 0.5) is 0 Å². The topological polar surface area (TPSA) is 40.3 Å². The molecule has 14 heavy (non-hydrogen) atoms. The minimum Gasteiger partial charge on any atom is -0.391 e. The summed E-state index contributed by atoms with van der Waals surface area (Å²) in [6.07, 6.45) is 3.40. The summed E-state index contributed by atoms with van der Waals surface area (Å²) in [6, 6.07) is 1.97. The minimum atomic E-state index is 0.0645. The summed E-state index contributed by atoms with van der Waals surface area (Å²) in [5.41, 5.74) is 1.06. The van der Waals surface area contributed by atoms with E-state index in [9.17, 15) is 4.79 Å². The first kappa shape index (κ1) is 9.55. The number of thiophene rings is 1. The van der Waals surface area contributed by atoms with Crippen molar-refractivity contribution in [2.75, 3.05) is 0 Å². The van der Waals surface area contributed by atoms with Gasteiger partial charge in [0, 0.05) is 16.9 Å². The number of aliphatic hydroxyl groups is 1. The SMILES string of the molecule is O=C1CCC=[N+]1Cc1ccsc1CO. The molecule has 0 radical (unpaired) electrons. The van der Waals surface area contributed by atoms with Crippen molar-refractivity contribution in [3.05, 3.63) is 21.9 Å². The molecule has 2 heterocycles. The lowest BCUT2D eigenvalue weighted by molar-refractivity contribution is -0.455. The zero-order chi connectivity index (χ0) is 9.97. The van der Waals surface area contributed by atoms with Gasteiger partial charge in [-0.25, -0.2) is 4.79 Å². The molecule has 0 saturated carbocycles. The van der Waals surface area contributed by atoms with Crippen LogP contribution >= 0.6 is 11.3 Å². The molecule has 0 atom stereocenters. The van der Waals surface area contributed by atoms with E-state index in [-0.39, 0.29) is 12.5 Å². The van der Waals surface area contributed by atoms with Gasteiger partial charge < -0.3 is 5.11 Å². The van der Waals surface area contributed by atoms with Gasteiger partial charge in [0.15, 0.2) is 6.54 Å². The molecule has 0 aliphatic carbocycles. The lowest BCUT2D eigenvalue weighted by atomic mass is 10.2. The minimum absolute atomic E-state index is 0.0645. The molecule has 0 saturated heterocycles. The van der Waals surface area contributed by atoms with Gasteiger partial charge in [0.25, 0.3) is 0 Å². The Hall–Kier alpha value is -1.00. The molecule has 1 amide bonds. The summed E-state index contributed by atoms with van der Waals surface area (Å²) in [7, 11) is 0. The number of nitrogens with zero attached hydrogens (tertiary/aromatic N) is 1. The van der Waals surface area contributed by atoms with Crippen LogP contribution in [0, 0.1) is 0 Å². The van der Waals surface area contributed by atoms with Gasteiger partial charge in [-0.1, -0.05) is 0 Å². The molecular weight excluding hydrogens is 198 g/mol. The van der Waals surface area contributed by atoms with Gasteiger partial charge in [0.1, 0.15) is 6.21 Å². The summed E-state index contributed by atoms with van der Waals surface area (Å²) in [5, 5.41) is 11.0. The quantitative estimate of drug-likeness (QED) is 0.760. The Morgan fingerprint density at radius 1 is 1.57 bits per heavy atom. The third-order valence-electron chi connectivity index (χ3n) is 2.35. The van der Waals surface area contributed by atoms with Crippen molar-refractivity contribution >= 4 is 23.5 Å². The Kier molecular flexibility index (Phi) is 2.74. The molecule has 0 fully saturated rings. The normalized spacial score (nSPS) is 16.1. The largest absolute Gasteiger partial charge is 0.391 e. The number of amides is 1. The molecule has 1 aliphatic rings. The molecule has 1 aromatic heterocycles. The fourth-order valence-electron chi connectivity index (χ4n) is 1.57. The van der Waals surface area contributed by atoms with E-state index in [4.69, 9.17) is 5.11 Å². The van der Waals surface area contributed by atoms with Gasteiger partial charge >= 0.3 is 5.91 Å². The lowest BCUT2D eigenvalue weighted by Crippen LogP contribution is -2.15. The Bertz CT molecular complexity index is 381. The average Bonchev–Trinajstić information content (AvgIpc) is 2.77. The molecule has 1 N–H and O–H groups in total. The number of carbonyl (C=O) groups excluding carboxylic acids is 1. The van der Waals surface area contributed by atoms with E-state index >= 15 is 0 Å². The van der Waals surface area contributed by atoms with Crippen LogP contribution in [0.5, 0.6) is 0 Å². The van der Waals surface area contributed by atoms with Gasteiger partial charge in [-0.3, -0.25) is 0 Å². The zero-order valence-electron chi connectivity index (χ0n) is 7.77. The highest BCUT2D eigenvalue weighted by Gasteiger charge is 2.24. The van der Waals surface area contributed by atoms with E-state index in [1.54, 1.807) is 4.58 Å². The van der Waals surface area contributed by atoms with Gasteiger partial charge in [-0.05, 0) is 11.4 Å². The Labute approximate surface area is 86.3 Å². The number of carbonyl (C=O) groups is 1. The Morgan fingerprint density at radius 2 is 2.43 bits per heavy atom. The molecule has 3 nitrogen and oxygen atoms in total. The number of rotatable bonds is 3. The zero-order valence-corrected chi connectivity index (χ0v) is 8.59. The van der Waals surface area contributed by atoms with Crippen molar-refractivity contribution in [3.8, 4) is 0 Å². The van der Waals surface area contributed by atoms with Crippen molar-refractivity contribution in [1.29, 1.82) is 0 Å². The third kappa shape index (κ3) is 1.76. The standard InChI is InChI=1S/C10H12NO2S/c12-7-9-8(3-5-14-9)6-11-4-1-2-10(11)13/h3-5,12H,1-2,6-7H2/q+1. The number of aliphatic hydroxyl groups excluding tert-OH is 1. The lowest BCUT2D eigenvalue weighted by Gasteiger charge is -1.97. The number of hydrogen-bond acceptors (Lipinski definition) is 3. The molecule has 2 rings (SSSR count). The van der Waals surface area contributed by atoms with E-state index in [0.717, 1.165) is 16.9 Å². The van der Waals surface area contributed by atoms with Crippen LogP contribution in [0.1, 0.15) is 23.3 Å². The predicted octanol–water partition coefficient (Wildman–Crippen LogP) is 1.14. The molecule has 1 aliphatic heterocycles. The van der Waals surface area contributed by atoms with Gasteiger partial charge in [0.2, 0.25) is 0 Å². The maximum absolute atomic E-state index is 11.3. The van der Waals surface area contributed by atoms with Gasteiger partial charge in [-0.15, -0.1) is 11.3 Å². The maximum atomic E-state index is 11.3. The van der Waals surface area contributed by atoms with E-state index in [2.05, 4.69) is 0 Å². The first-order valence-corrected chi connectivity index (χ1v) is 5.48. The summed E-state index contributed by atoms with van der Waals surface area (Å²) >= 11 is 1.53. The van der Waals surface area contributed by atoms with Crippen LogP contribution in [0.3, 0.4) is 0 Å². The fraction of sp³-hybridized carbons (Fsp3) is 0.400. The monoisotopic (exact) mass is 210 g/mol. The third-order valence-corrected chi connectivity index (χ3v) is 3.30. The van der Waals surface area contributed by atoms with Crippen LogP contribution in [0.25, 0.3) is 0 Å². The number of hydrogen-bond donors (Lipinski definition) is 1. The maximum Gasteiger partial charge on any atom is 0.387 e. The highest BCUT2D eigenvalue weighted by atomic mass is 32.1. The summed E-state index contributed by atoms with van der Waals surface area (Å²) in [6.45, 7) is 0.674. The van der Waals surface area contributed by atoms with Crippen LogP contribution in [0.15, 0.2) is 11.4 Å². The average molecular weight is 210 g/mol. The van der Waals surface area contributed by atoms with Crippen LogP contribution in [0.2, 0.25) is 0 Å². The van der Waals surface area contributed by atoms with E-state index in [0.29, 0.717) is 13.0 Å². The Balaban J connectivity index is 2.14. The predicted molar refractivity (Wildman–Crippen MR) is 54.5 cm³/mol. The van der Waals surface area contributed by atoms with Crippen LogP contribution in [-0.4, -0.2) is 21.8 Å². The Morgan fingerprint density at radius 3 is 3.07 bits per heavy atom. The molecule has 74 valence electrons. The summed E-state index contributed by atoms with van der Waals surface area (Å²) in [5.74, 6) is 0.181. The van der Waals surface area contributed by atoms with Crippen LogP contribution < -0.4 is 0 Å². The van der Waals surface area contributed by atoms with Crippen molar-refractivity contribution in [2.24, 2.45) is 0 Å². The second-order valence-electron chi connectivity index (χ2n) is 3.27. The van der Waals surface area contributed by atoms with Crippen molar-refractivity contribution in [3.63, 3.8) is 0 Å². The second-order valence-corrected chi connectivity index (χ2v) is 4.27. The van der Waals surface area contributed by atoms with E-state index in [1.807, 2.05) is 17.7 Å². The smallest absolute Gasteiger partial charge is 0.387 e. The van der Waals surface area contributed by atoms with Crippen molar-refractivity contribution < 1.29 is 14.5 Å². The molecule has 1 aromatic rings. The first-order chi connectivity index (χ1) is 6.81. The molecule has 0 spiro atoms. The second kappa shape index (κ2) is 4.02. The summed E-state index contributed by atoms with van der Waals surface area (Å²) in [4.78, 5) is 12.3. The van der Waals surface area contributed by atoms with Crippen molar-refractivity contribution in [1.82, 2.24) is 0 Å². The van der Waals surface area contributed by atoms with Gasteiger partial charge in [0.05, 0.1) is 13.0 Å². The van der Waals surface area contributed by atoms with Crippen molar-refractivity contribution in [2.45, 2.75) is 26.0 Å². The summed E-state index contributed by atoms with van der Waals surface area (Å²) < 4.78 is 1.74. The highest BCUT2D eigenvalue weighted by Crippen LogP contribution is 2.18. The van der Waals surface area contributed by atoms with Crippen LogP contribution in [-0.2, 0) is 17.9 Å². The van der Waals surface area contributed by atoms with E-state index in [1.165, 1.54) is 11.3 Å². The molecule has 4 heteroatoms. The molecular formula is C10H12NO2S+. The first-order valence-electron chi connectivity index (χ1n) is 4.60. The van der Waals surface area contributed by atoms with E-state index < -0.39 is 0 Å². The molecule has 0 aromatic carbocycles. The highest BCUT2D eigenvalue weighted by molar-refractivity contribution is 7.10. The molecule has 0 bridgehead atoms.